The number of fused-ring (bicyclic) bond motifs is 5. The van der Waals surface area contributed by atoms with Crippen LogP contribution in [0.1, 0.15) is 133 Å². The fourth-order valence-corrected chi connectivity index (χ4v) is 7.98. The second kappa shape index (κ2) is 20.1. The summed E-state index contributed by atoms with van der Waals surface area (Å²) in [6.07, 6.45) is 33.1. The Balaban J connectivity index is 0.000000198. The summed E-state index contributed by atoms with van der Waals surface area (Å²) in [6.45, 7) is 33.8. The van der Waals surface area contributed by atoms with E-state index < -0.39 is 0 Å². The second-order valence-corrected chi connectivity index (χ2v) is 15.9. The monoisotopic (exact) mass is 751 g/mol. The quantitative estimate of drug-likeness (QED) is 0.176. The van der Waals surface area contributed by atoms with Crippen LogP contribution in [0.3, 0.4) is 0 Å². The molecule has 0 bridgehead atoms. The maximum atomic E-state index is 4.04. The molecule has 0 amide bonds. The fraction of sp³-hybridized carbons (Fsp3) is 0.263. The maximum absolute atomic E-state index is 4.04. The third kappa shape index (κ3) is 9.57. The first-order valence-corrected chi connectivity index (χ1v) is 20.8. The van der Waals surface area contributed by atoms with E-state index in [2.05, 4.69) is 216 Å². The highest BCUT2D eigenvalue weighted by Crippen LogP contribution is 2.51. The molecule has 0 atom stereocenters. The normalized spacial score (nSPS) is 15.4. The molecule has 0 fully saturated rings. The van der Waals surface area contributed by atoms with Crippen LogP contribution in [0, 0.1) is 0 Å². The Morgan fingerprint density at radius 2 is 1.23 bits per heavy atom. The molecule has 294 valence electrons. The first-order chi connectivity index (χ1) is 27.4. The van der Waals surface area contributed by atoms with Gasteiger partial charge >= 0.3 is 0 Å². The lowest BCUT2D eigenvalue weighted by atomic mass is 9.80. The molecule has 0 unspecified atom stereocenters. The molecule has 3 aliphatic rings. The lowest BCUT2D eigenvalue weighted by Crippen LogP contribution is -2.16. The molecule has 7 rings (SSSR count). The smallest absolute Gasteiger partial charge is 0.0159 e. The molecule has 4 aromatic carbocycles. The van der Waals surface area contributed by atoms with Gasteiger partial charge in [-0.25, -0.2) is 0 Å². The Labute approximate surface area is 346 Å². The van der Waals surface area contributed by atoms with Gasteiger partial charge in [0, 0.05) is 10.8 Å². The van der Waals surface area contributed by atoms with Gasteiger partial charge in [0.1, 0.15) is 0 Å². The molecule has 57 heavy (non-hydrogen) atoms. The van der Waals surface area contributed by atoms with E-state index in [-0.39, 0.29) is 10.8 Å². The first-order valence-electron chi connectivity index (χ1n) is 20.8. The predicted octanol–water partition coefficient (Wildman–Crippen LogP) is 17.2. The minimum absolute atomic E-state index is 0.0119. The van der Waals surface area contributed by atoms with Crippen molar-refractivity contribution in [3.63, 3.8) is 0 Å². The molecule has 0 N–H and O–H groups in total. The molecule has 0 nitrogen and oxygen atoms in total. The van der Waals surface area contributed by atoms with Crippen molar-refractivity contribution < 1.29 is 0 Å². The van der Waals surface area contributed by atoms with E-state index in [1.54, 1.807) is 0 Å². The van der Waals surface area contributed by atoms with Crippen LogP contribution in [-0.4, -0.2) is 0 Å². The molecule has 0 saturated carbocycles. The third-order valence-electron chi connectivity index (χ3n) is 11.2. The molecule has 3 aliphatic carbocycles. The molecule has 0 saturated heterocycles. The van der Waals surface area contributed by atoms with E-state index in [0.29, 0.717) is 0 Å². The number of benzene rings is 4. The Morgan fingerprint density at radius 1 is 0.614 bits per heavy atom. The first kappa shape index (κ1) is 44.3. The number of unbranched alkanes of at least 4 members (excludes halogenated alkanes) is 1. The fourth-order valence-electron chi connectivity index (χ4n) is 7.98. The van der Waals surface area contributed by atoms with Crippen LogP contribution >= 0.6 is 0 Å². The van der Waals surface area contributed by atoms with Crippen LogP contribution < -0.4 is 0 Å². The van der Waals surface area contributed by atoms with Crippen LogP contribution in [0.5, 0.6) is 0 Å². The third-order valence-corrected chi connectivity index (χ3v) is 11.2. The summed E-state index contributed by atoms with van der Waals surface area (Å²) in [5.41, 5.74) is 17.0. The van der Waals surface area contributed by atoms with E-state index >= 15 is 0 Å². The van der Waals surface area contributed by atoms with Crippen molar-refractivity contribution in [1.82, 2.24) is 0 Å². The highest BCUT2D eigenvalue weighted by molar-refractivity contribution is 5.95. The predicted molar refractivity (Wildman–Crippen MR) is 260 cm³/mol. The zero-order valence-corrected chi connectivity index (χ0v) is 36.6. The molecule has 0 spiro atoms. The zero-order valence-electron chi connectivity index (χ0n) is 36.6. The van der Waals surface area contributed by atoms with Crippen LogP contribution in [0.25, 0.3) is 51.8 Å². The van der Waals surface area contributed by atoms with Gasteiger partial charge in [-0.2, -0.15) is 0 Å². The van der Waals surface area contributed by atoms with Gasteiger partial charge in [-0.3, -0.25) is 0 Å². The number of hydrogen-bond acceptors (Lipinski definition) is 0. The van der Waals surface area contributed by atoms with E-state index in [0.717, 1.165) is 6.42 Å². The maximum Gasteiger partial charge on any atom is 0.0159 e. The van der Waals surface area contributed by atoms with Gasteiger partial charge in [0.25, 0.3) is 0 Å². The Bertz CT molecular complexity index is 2310. The summed E-state index contributed by atoms with van der Waals surface area (Å²) in [4.78, 5) is 0. The molecule has 0 heterocycles. The van der Waals surface area contributed by atoms with E-state index in [1.807, 2.05) is 18.2 Å². The van der Waals surface area contributed by atoms with Gasteiger partial charge < -0.3 is 0 Å². The molecule has 0 heteroatoms. The summed E-state index contributed by atoms with van der Waals surface area (Å²) in [7, 11) is 0. The zero-order chi connectivity index (χ0) is 41.8. The minimum atomic E-state index is -0.0119. The average Bonchev–Trinajstić information content (AvgIpc) is 3.38. The SMILES string of the molecule is C=CC1=C(/C=C\C)c2c(ccc(C=C)c2/C=C\C)C1(C)C.C=Cc1cc2c(cc1/C=C\C)-c1cc3ccccc3cc1C2(C)C.CC1=CC=CCC=C1.CCCC. The van der Waals surface area contributed by atoms with Gasteiger partial charge in [-0.1, -0.05) is 201 Å². The highest BCUT2D eigenvalue weighted by Gasteiger charge is 2.37. The summed E-state index contributed by atoms with van der Waals surface area (Å²) < 4.78 is 0. The molecule has 0 radical (unpaired) electrons. The minimum Gasteiger partial charge on any atom is -0.0987 e. The van der Waals surface area contributed by atoms with Gasteiger partial charge in [-0.15, -0.1) is 0 Å². The Hall–Kier alpha value is -5.46. The summed E-state index contributed by atoms with van der Waals surface area (Å²) in [5, 5.41) is 2.62. The standard InChI is InChI=1S/C24H22.C21H24.C8H10.C4H10/c1-5-9-17-12-20-21-13-18-10-7-8-11-19(18)15-23(21)24(3,4)22(20)14-16(17)6-2;1-7-11-16-15(9-3)13-14-19-20(16)17(12-8-2)18(10-4)21(19,5)6;1-8-6-4-2-3-5-7-8;1-3-4-2/h5-15H,2H2,1,3-4H3;7-14H,3-4H2,1-2,5-6H3;2,4-7H,3H2,1H3;3-4H2,1-2H3/b9-5-;11-7-,12-8-;;. The van der Waals surface area contributed by atoms with Crippen LogP contribution in [0.15, 0.2) is 152 Å². The van der Waals surface area contributed by atoms with Crippen LogP contribution in [-0.2, 0) is 10.8 Å². The lowest BCUT2D eigenvalue weighted by Gasteiger charge is -2.23. The molecular formula is C57H66. The van der Waals surface area contributed by atoms with E-state index in [9.17, 15) is 0 Å². The largest absolute Gasteiger partial charge is 0.0987 e. The highest BCUT2D eigenvalue weighted by atomic mass is 14.4. The summed E-state index contributed by atoms with van der Waals surface area (Å²) >= 11 is 0. The van der Waals surface area contributed by atoms with Crippen molar-refractivity contribution in [1.29, 1.82) is 0 Å². The second-order valence-electron chi connectivity index (χ2n) is 15.9. The topological polar surface area (TPSA) is 0 Å². The molecule has 0 aliphatic heterocycles. The number of hydrogen-bond donors (Lipinski definition) is 0. The van der Waals surface area contributed by atoms with E-state index in [4.69, 9.17) is 0 Å². The van der Waals surface area contributed by atoms with Gasteiger partial charge in [-0.05, 0) is 136 Å². The van der Waals surface area contributed by atoms with Crippen molar-refractivity contribution >= 4 is 40.6 Å². The summed E-state index contributed by atoms with van der Waals surface area (Å²) in [5.74, 6) is 0. The Morgan fingerprint density at radius 3 is 1.82 bits per heavy atom. The van der Waals surface area contributed by atoms with Crippen molar-refractivity contribution in [2.24, 2.45) is 0 Å². The van der Waals surface area contributed by atoms with Crippen molar-refractivity contribution in [2.45, 2.75) is 99.3 Å². The van der Waals surface area contributed by atoms with Gasteiger partial charge in [0.05, 0.1) is 0 Å². The van der Waals surface area contributed by atoms with Crippen molar-refractivity contribution in [3.8, 4) is 11.1 Å². The molecular weight excluding hydrogens is 685 g/mol. The Kier molecular flexibility index (Phi) is 15.6. The number of allylic oxidation sites excluding steroid dienone is 13. The molecule has 4 aromatic rings. The lowest BCUT2D eigenvalue weighted by molar-refractivity contribution is 0.654. The van der Waals surface area contributed by atoms with Crippen molar-refractivity contribution in [2.75, 3.05) is 0 Å². The molecule has 0 aromatic heterocycles. The van der Waals surface area contributed by atoms with Gasteiger partial charge in [0.15, 0.2) is 0 Å². The summed E-state index contributed by atoms with van der Waals surface area (Å²) in [6, 6.07) is 22.4. The van der Waals surface area contributed by atoms with Crippen LogP contribution in [0.4, 0.5) is 0 Å². The van der Waals surface area contributed by atoms with Crippen molar-refractivity contribution in [3.05, 3.63) is 197 Å². The van der Waals surface area contributed by atoms with Gasteiger partial charge in [0.2, 0.25) is 0 Å². The average molecular weight is 751 g/mol. The number of rotatable bonds is 7. The van der Waals surface area contributed by atoms with Crippen LogP contribution in [0.2, 0.25) is 0 Å². The van der Waals surface area contributed by atoms with E-state index in [1.165, 1.54) is 96.0 Å².